The van der Waals surface area contributed by atoms with Crippen LogP contribution >= 0.6 is 0 Å². The van der Waals surface area contributed by atoms with Gasteiger partial charge in [0.05, 0.1) is 12.8 Å². The van der Waals surface area contributed by atoms with Gasteiger partial charge in [-0.05, 0) is 37.4 Å². The van der Waals surface area contributed by atoms with Gasteiger partial charge in [-0.1, -0.05) is 32.0 Å². The van der Waals surface area contributed by atoms with Crippen molar-refractivity contribution in [2.24, 2.45) is 10.8 Å². The van der Waals surface area contributed by atoms with Crippen molar-refractivity contribution in [3.8, 4) is 11.5 Å². The molecule has 0 aliphatic carbocycles. The minimum atomic E-state index is -0.719. The van der Waals surface area contributed by atoms with Gasteiger partial charge in [0.15, 0.2) is 11.5 Å². The summed E-state index contributed by atoms with van der Waals surface area (Å²) in [5, 5.41) is 8.70. The first-order valence-electron chi connectivity index (χ1n) is 11.0. The van der Waals surface area contributed by atoms with Gasteiger partial charge in [-0.3, -0.25) is 14.6 Å². The SMILES string of the molecule is CCN(CC)CCOc1cc(NC(=O)C2=NN(c3ccccc3)C(C(N)=O)C2)ccc1OC. The minimum absolute atomic E-state index is 0.124. The lowest BCUT2D eigenvalue weighted by Gasteiger charge is -2.20. The summed E-state index contributed by atoms with van der Waals surface area (Å²) in [5.74, 6) is 0.171. The van der Waals surface area contributed by atoms with E-state index < -0.39 is 17.9 Å². The minimum Gasteiger partial charge on any atom is -0.493 e. The van der Waals surface area contributed by atoms with E-state index in [1.807, 2.05) is 30.3 Å². The Morgan fingerprint density at radius 2 is 1.88 bits per heavy atom. The number of carbonyl (C=O) groups is 2. The number of methoxy groups -OCH3 is 1. The number of para-hydroxylation sites is 1. The number of likely N-dealkylation sites (N-methyl/N-ethyl adjacent to an activating group) is 1. The molecule has 33 heavy (non-hydrogen) atoms. The Labute approximate surface area is 194 Å². The van der Waals surface area contributed by atoms with E-state index in [1.54, 1.807) is 25.3 Å². The summed E-state index contributed by atoms with van der Waals surface area (Å²) in [4.78, 5) is 27.1. The quantitative estimate of drug-likeness (QED) is 0.541. The third kappa shape index (κ3) is 6.01. The third-order valence-electron chi connectivity index (χ3n) is 5.50. The molecule has 1 aliphatic rings. The first kappa shape index (κ1) is 24.1. The molecule has 0 fully saturated rings. The van der Waals surface area contributed by atoms with Crippen LogP contribution in [0, 0.1) is 0 Å². The van der Waals surface area contributed by atoms with E-state index in [2.05, 4.69) is 29.2 Å². The fraction of sp³-hybridized carbons (Fsp3) is 0.375. The fourth-order valence-electron chi connectivity index (χ4n) is 3.58. The molecule has 3 rings (SSSR count). The van der Waals surface area contributed by atoms with Crippen LogP contribution in [0.2, 0.25) is 0 Å². The van der Waals surface area contributed by atoms with Crippen LogP contribution in [0.3, 0.4) is 0 Å². The van der Waals surface area contributed by atoms with E-state index >= 15 is 0 Å². The summed E-state index contributed by atoms with van der Waals surface area (Å²) in [6, 6.07) is 13.6. The first-order valence-corrected chi connectivity index (χ1v) is 11.0. The van der Waals surface area contributed by atoms with Crippen LogP contribution in [0.5, 0.6) is 11.5 Å². The molecule has 0 saturated heterocycles. The largest absolute Gasteiger partial charge is 0.493 e. The normalized spacial score (nSPS) is 15.3. The highest BCUT2D eigenvalue weighted by molar-refractivity contribution is 6.44. The van der Waals surface area contributed by atoms with Crippen molar-refractivity contribution >= 4 is 28.9 Å². The van der Waals surface area contributed by atoms with Gasteiger partial charge in [0.25, 0.3) is 5.91 Å². The highest BCUT2D eigenvalue weighted by Gasteiger charge is 2.35. The van der Waals surface area contributed by atoms with Gasteiger partial charge in [0.2, 0.25) is 5.91 Å². The molecule has 2 aromatic carbocycles. The number of nitrogens with zero attached hydrogens (tertiary/aromatic N) is 3. The van der Waals surface area contributed by atoms with Crippen molar-refractivity contribution < 1.29 is 19.1 Å². The van der Waals surface area contributed by atoms with Crippen LogP contribution in [0.1, 0.15) is 20.3 Å². The number of hydrogen-bond donors (Lipinski definition) is 2. The number of hydrazone groups is 1. The highest BCUT2D eigenvalue weighted by Crippen LogP contribution is 2.31. The average molecular weight is 454 g/mol. The Bertz CT molecular complexity index is 992. The van der Waals surface area contributed by atoms with Gasteiger partial charge in [0.1, 0.15) is 18.4 Å². The molecule has 2 amide bonds. The smallest absolute Gasteiger partial charge is 0.271 e. The second-order valence-corrected chi connectivity index (χ2v) is 7.54. The van der Waals surface area contributed by atoms with Crippen LogP contribution in [0.25, 0.3) is 0 Å². The zero-order chi connectivity index (χ0) is 23.8. The summed E-state index contributed by atoms with van der Waals surface area (Å²) in [6.45, 7) is 7.38. The van der Waals surface area contributed by atoms with Gasteiger partial charge in [-0.2, -0.15) is 5.10 Å². The number of anilines is 2. The molecular weight excluding hydrogens is 422 g/mol. The number of nitrogens with two attached hydrogens (primary N) is 1. The molecule has 9 nitrogen and oxygen atoms in total. The summed E-state index contributed by atoms with van der Waals surface area (Å²) < 4.78 is 11.3. The zero-order valence-electron chi connectivity index (χ0n) is 19.3. The average Bonchev–Trinajstić information content (AvgIpc) is 3.29. The van der Waals surface area contributed by atoms with Gasteiger partial charge >= 0.3 is 0 Å². The van der Waals surface area contributed by atoms with Crippen molar-refractivity contribution in [2.45, 2.75) is 26.3 Å². The predicted octanol–water partition coefficient (Wildman–Crippen LogP) is 2.47. The first-order chi connectivity index (χ1) is 16.0. The summed E-state index contributed by atoms with van der Waals surface area (Å²) in [6.07, 6.45) is 0.124. The second kappa shape index (κ2) is 11.3. The molecule has 2 aromatic rings. The number of ether oxygens (including phenoxy) is 2. The van der Waals surface area contributed by atoms with E-state index in [0.717, 1.165) is 19.6 Å². The lowest BCUT2D eigenvalue weighted by atomic mass is 10.1. The maximum Gasteiger partial charge on any atom is 0.271 e. The van der Waals surface area contributed by atoms with Crippen molar-refractivity contribution in [1.29, 1.82) is 0 Å². The molecule has 0 bridgehead atoms. The Hall–Kier alpha value is -3.59. The molecule has 176 valence electrons. The van der Waals surface area contributed by atoms with Crippen molar-refractivity contribution in [3.63, 3.8) is 0 Å². The maximum absolute atomic E-state index is 12.9. The Morgan fingerprint density at radius 1 is 1.15 bits per heavy atom. The third-order valence-corrected chi connectivity index (χ3v) is 5.50. The highest BCUT2D eigenvalue weighted by atomic mass is 16.5. The molecule has 3 N–H and O–H groups in total. The van der Waals surface area contributed by atoms with Crippen LogP contribution in [-0.4, -0.2) is 61.8 Å². The van der Waals surface area contributed by atoms with E-state index in [1.165, 1.54) is 5.01 Å². The van der Waals surface area contributed by atoms with Crippen molar-refractivity contribution in [2.75, 3.05) is 43.7 Å². The van der Waals surface area contributed by atoms with Crippen LogP contribution < -0.4 is 25.5 Å². The number of benzene rings is 2. The van der Waals surface area contributed by atoms with Gasteiger partial charge in [-0.25, -0.2) is 0 Å². The molecule has 1 atom stereocenters. The lowest BCUT2D eigenvalue weighted by molar-refractivity contribution is -0.119. The number of nitrogens with one attached hydrogen (secondary N) is 1. The molecule has 9 heteroatoms. The van der Waals surface area contributed by atoms with E-state index in [9.17, 15) is 9.59 Å². The number of hydrogen-bond acceptors (Lipinski definition) is 7. The Morgan fingerprint density at radius 3 is 2.52 bits per heavy atom. The van der Waals surface area contributed by atoms with E-state index in [0.29, 0.717) is 29.5 Å². The molecule has 1 aliphatic heterocycles. The zero-order valence-corrected chi connectivity index (χ0v) is 19.3. The number of carbonyl (C=O) groups excluding carboxylic acids is 2. The van der Waals surface area contributed by atoms with Crippen LogP contribution in [0.15, 0.2) is 53.6 Å². The lowest BCUT2D eigenvalue weighted by Crippen LogP contribution is -2.39. The number of amides is 2. The standard InChI is InChI=1S/C24H31N5O4/c1-4-28(5-2)13-14-33-22-15-17(11-12-21(22)32-3)26-24(31)19-16-20(23(25)30)29(27-19)18-9-7-6-8-10-18/h6-12,15,20H,4-5,13-14,16H2,1-3H3,(H2,25,30)(H,26,31). The van der Waals surface area contributed by atoms with Crippen molar-refractivity contribution in [3.05, 3.63) is 48.5 Å². The van der Waals surface area contributed by atoms with E-state index in [-0.39, 0.29) is 12.1 Å². The topological polar surface area (TPSA) is 109 Å². The number of rotatable bonds is 11. The summed E-state index contributed by atoms with van der Waals surface area (Å²) in [5.41, 5.74) is 7.01. The predicted molar refractivity (Wildman–Crippen MR) is 129 cm³/mol. The molecule has 1 heterocycles. The summed E-state index contributed by atoms with van der Waals surface area (Å²) >= 11 is 0. The maximum atomic E-state index is 12.9. The Balaban J connectivity index is 1.72. The van der Waals surface area contributed by atoms with E-state index in [4.69, 9.17) is 15.2 Å². The number of primary amides is 1. The van der Waals surface area contributed by atoms with Crippen LogP contribution in [0.4, 0.5) is 11.4 Å². The molecule has 0 saturated carbocycles. The summed E-state index contributed by atoms with van der Waals surface area (Å²) in [7, 11) is 1.57. The van der Waals surface area contributed by atoms with Gasteiger partial charge in [-0.15, -0.1) is 0 Å². The molecule has 0 aromatic heterocycles. The Kier molecular flexibility index (Phi) is 8.26. The molecule has 0 radical (unpaired) electrons. The second-order valence-electron chi connectivity index (χ2n) is 7.54. The molecule has 1 unspecified atom stereocenters. The van der Waals surface area contributed by atoms with Gasteiger partial charge < -0.3 is 25.4 Å². The van der Waals surface area contributed by atoms with Crippen molar-refractivity contribution in [1.82, 2.24) is 4.90 Å². The fourth-order valence-corrected chi connectivity index (χ4v) is 3.58. The molecular formula is C24H31N5O4. The van der Waals surface area contributed by atoms with Crippen LogP contribution in [-0.2, 0) is 9.59 Å². The van der Waals surface area contributed by atoms with Gasteiger partial charge in [0, 0.05) is 24.7 Å². The monoisotopic (exact) mass is 453 g/mol. The molecule has 0 spiro atoms.